The lowest BCUT2D eigenvalue weighted by molar-refractivity contribution is 0.104. The smallest absolute Gasteiger partial charge is 0.229 e. The van der Waals surface area contributed by atoms with E-state index in [4.69, 9.17) is 4.98 Å². The van der Waals surface area contributed by atoms with Crippen molar-refractivity contribution in [3.8, 4) is 11.3 Å². The molecule has 2 aliphatic heterocycles. The molecule has 0 aliphatic carbocycles. The number of nitrogens with one attached hydrogen (secondary N) is 1. The van der Waals surface area contributed by atoms with Crippen LogP contribution in [-0.2, 0) is 0 Å². The Morgan fingerprint density at radius 3 is 2.38 bits per heavy atom. The van der Waals surface area contributed by atoms with Gasteiger partial charge in [-0.1, -0.05) is 13.0 Å². The van der Waals surface area contributed by atoms with Crippen molar-refractivity contribution >= 4 is 22.8 Å². The first-order chi connectivity index (χ1) is 20.3. The number of benzene rings is 1. The first-order valence-electron chi connectivity index (χ1n) is 15.2. The van der Waals surface area contributed by atoms with Gasteiger partial charge in [0.1, 0.15) is 22.9 Å². The SMILES string of the molecule is CCN1CCC([C@H](c2ccc(Nc3ncc(F)c(-c4cc(F)c5nc(C)n(C(C)C)c5c4)n3)nc2)N2CCCC2)CC1. The highest BCUT2D eigenvalue weighted by atomic mass is 19.1. The minimum atomic E-state index is -0.627. The number of likely N-dealkylation sites (tertiary alicyclic amines) is 2. The number of nitrogens with zero attached hydrogens (tertiary/aromatic N) is 7. The number of pyridine rings is 1. The van der Waals surface area contributed by atoms with E-state index in [0.29, 0.717) is 34.7 Å². The van der Waals surface area contributed by atoms with E-state index in [-0.39, 0.29) is 23.2 Å². The van der Waals surface area contributed by atoms with Gasteiger partial charge in [0.2, 0.25) is 5.95 Å². The minimum absolute atomic E-state index is 0.0200. The fourth-order valence-electron chi connectivity index (χ4n) is 6.84. The van der Waals surface area contributed by atoms with Gasteiger partial charge in [0.15, 0.2) is 11.6 Å². The molecule has 8 nitrogen and oxygen atoms in total. The van der Waals surface area contributed by atoms with Crippen LogP contribution in [0.25, 0.3) is 22.3 Å². The summed E-state index contributed by atoms with van der Waals surface area (Å²) in [7, 11) is 0. The number of hydrogen-bond acceptors (Lipinski definition) is 7. The van der Waals surface area contributed by atoms with Crippen LogP contribution in [0.4, 0.5) is 20.5 Å². The van der Waals surface area contributed by atoms with E-state index in [2.05, 4.69) is 43.1 Å². The zero-order valence-electron chi connectivity index (χ0n) is 24.9. The second kappa shape index (κ2) is 12.0. The summed E-state index contributed by atoms with van der Waals surface area (Å²) in [6.45, 7) is 13.8. The van der Waals surface area contributed by atoms with Gasteiger partial charge in [-0.15, -0.1) is 0 Å². The van der Waals surface area contributed by atoms with Crippen LogP contribution in [0, 0.1) is 24.5 Å². The van der Waals surface area contributed by atoms with Crippen molar-refractivity contribution in [3.05, 3.63) is 59.7 Å². The van der Waals surface area contributed by atoms with E-state index in [0.717, 1.165) is 38.9 Å². The zero-order chi connectivity index (χ0) is 29.4. The summed E-state index contributed by atoms with van der Waals surface area (Å²) < 4.78 is 32.0. The van der Waals surface area contributed by atoms with Crippen LogP contribution < -0.4 is 5.32 Å². The molecule has 0 unspecified atom stereocenters. The third kappa shape index (κ3) is 5.62. The molecule has 4 aromatic rings. The fourth-order valence-corrected chi connectivity index (χ4v) is 6.84. The van der Waals surface area contributed by atoms with Crippen LogP contribution in [0.15, 0.2) is 36.7 Å². The second-order valence-electron chi connectivity index (χ2n) is 11.9. The third-order valence-corrected chi connectivity index (χ3v) is 8.89. The molecule has 5 heterocycles. The van der Waals surface area contributed by atoms with Crippen LogP contribution in [0.1, 0.15) is 69.9 Å². The Kier molecular flexibility index (Phi) is 8.18. The third-order valence-electron chi connectivity index (χ3n) is 8.89. The van der Waals surface area contributed by atoms with E-state index >= 15 is 4.39 Å². The highest BCUT2D eigenvalue weighted by molar-refractivity contribution is 5.83. The number of piperidine rings is 1. The zero-order valence-corrected chi connectivity index (χ0v) is 24.9. The normalized spacial score (nSPS) is 17.9. The molecule has 222 valence electrons. The van der Waals surface area contributed by atoms with Gasteiger partial charge in [-0.05, 0) is 109 Å². The topological polar surface area (TPSA) is 75.0 Å². The lowest BCUT2D eigenvalue weighted by Gasteiger charge is -2.40. The Bertz CT molecular complexity index is 1540. The largest absolute Gasteiger partial charge is 0.326 e. The van der Waals surface area contributed by atoms with Crippen molar-refractivity contribution in [2.24, 2.45) is 5.92 Å². The number of hydrogen-bond donors (Lipinski definition) is 1. The van der Waals surface area contributed by atoms with Crippen molar-refractivity contribution in [1.29, 1.82) is 0 Å². The Labute approximate surface area is 246 Å². The van der Waals surface area contributed by atoms with E-state index < -0.39 is 11.6 Å². The number of anilines is 2. The van der Waals surface area contributed by atoms with Crippen LogP contribution in [-0.4, -0.2) is 67.0 Å². The predicted molar refractivity (Wildman–Crippen MR) is 162 cm³/mol. The van der Waals surface area contributed by atoms with Gasteiger partial charge in [0.25, 0.3) is 0 Å². The van der Waals surface area contributed by atoms with Gasteiger partial charge in [-0.25, -0.2) is 28.7 Å². The molecular formula is C32H40F2N8. The summed E-state index contributed by atoms with van der Waals surface area (Å²) in [4.78, 5) is 22.8. The van der Waals surface area contributed by atoms with Gasteiger partial charge in [-0.3, -0.25) is 4.90 Å². The first-order valence-corrected chi connectivity index (χ1v) is 15.2. The first kappa shape index (κ1) is 28.6. The highest BCUT2D eigenvalue weighted by Crippen LogP contribution is 2.38. The Hall–Kier alpha value is -3.50. The molecule has 42 heavy (non-hydrogen) atoms. The summed E-state index contributed by atoms with van der Waals surface area (Å²) >= 11 is 0. The molecule has 1 N–H and O–H groups in total. The Morgan fingerprint density at radius 2 is 1.71 bits per heavy atom. The molecule has 0 amide bonds. The fraction of sp³-hybridized carbons (Fsp3) is 0.500. The molecule has 2 saturated heterocycles. The summed E-state index contributed by atoms with van der Waals surface area (Å²) in [5.74, 6) is 0.953. The summed E-state index contributed by atoms with van der Waals surface area (Å²) in [6, 6.07) is 7.56. The van der Waals surface area contributed by atoms with Gasteiger partial charge < -0.3 is 14.8 Å². The molecule has 3 aromatic heterocycles. The number of aryl methyl sites for hydroxylation is 1. The molecular weight excluding hydrogens is 534 g/mol. The molecule has 6 rings (SSSR count). The van der Waals surface area contributed by atoms with Gasteiger partial charge in [0.05, 0.1) is 11.7 Å². The molecule has 0 spiro atoms. The molecule has 2 fully saturated rings. The number of halogens is 2. The van der Waals surface area contributed by atoms with Crippen LogP contribution >= 0.6 is 0 Å². The van der Waals surface area contributed by atoms with Crippen molar-refractivity contribution in [2.75, 3.05) is 38.0 Å². The lowest BCUT2D eigenvalue weighted by Crippen LogP contribution is -2.40. The standard InChI is InChI=1S/C32H40F2N8/c1-5-40-14-10-22(11-15-40)31(41-12-6-7-13-41)23-8-9-28(35-18-23)38-32-36-19-26(34)29(39-32)24-16-25(33)30-27(17-24)42(20(2)3)21(4)37-30/h8-9,16-20,22,31H,5-7,10-15H2,1-4H3,(H,35,36,38,39)/t31-/m1/s1. The van der Waals surface area contributed by atoms with Crippen molar-refractivity contribution in [3.63, 3.8) is 0 Å². The van der Waals surface area contributed by atoms with Crippen molar-refractivity contribution in [1.82, 2.24) is 34.3 Å². The van der Waals surface area contributed by atoms with Crippen LogP contribution in [0.5, 0.6) is 0 Å². The van der Waals surface area contributed by atoms with E-state index in [1.807, 2.05) is 37.6 Å². The average molecular weight is 575 g/mol. The van der Waals surface area contributed by atoms with Crippen molar-refractivity contribution in [2.45, 2.75) is 65.5 Å². The molecule has 1 aromatic carbocycles. The van der Waals surface area contributed by atoms with E-state index in [1.165, 1.54) is 37.3 Å². The van der Waals surface area contributed by atoms with E-state index in [9.17, 15) is 4.39 Å². The van der Waals surface area contributed by atoms with Gasteiger partial charge >= 0.3 is 0 Å². The summed E-state index contributed by atoms with van der Waals surface area (Å²) in [5.41, 5.74) is 2.46. The quantitative estimate of drug-likeness (QED) is 0.252. The van der Waals surface area contributed by atoms with E-state index in [1.54, 1.807) is 6.07 Å². The minimum Gasteiger partial charge on any atom is -0.326 e. The maximum atomic E-state index is 15.1. The summed E-state index contributed by atoms with van der Waals surface area (Å²) in [5, 5.41) is 3.12. The number of fused-ring (bicyclic) bond motifs is 1. The molecule has 10 heteroatoms. The van der Waals surface area contributed by atoms with Gasteiger partial charge in [0, 0.05) is 23.8 Å². The van der Waals surface area contributed by atoms with Crippen LogP contribution in [0.3, 0.4) is 0 Å². The second-order valence-corrected chi connectivity index (χ2v) is 11.9. The number of imidazole rings is 1. The predicted octanol–water partition coefficient (Wildman–Crippen LogP) is 6.67. The summed E-state index contributed by atoms with van der Waals surface area (Å²) in [6.07, 6.45) is 7.96. The van der Waals surface area contributed by atoms with Gasteiger partial charge in [-0.2, -0.15) is 0 Å². The Balaban J connectivity index is 1.25. The molecule has 0 radical (unpaired) electrons. The highest BCUT2D eigenvalue weighted by Gasteiger charge is 2.33. The molecule has 2 aliphatic rings. The monoisotopic (exact) mass is 574 g/mol. The van der Waals surface area contributed by atoms with Crippen molar-refractivity contribution < 1.29 is 8.78 Å². The maximum Gasteiger partial charge on any atom is 0.229 e. The molecule has 0 saturated carbocycles. The molecule has 0 bridgehead atoms. The maximum absolute atomic E-state index is 15.1. The lowest BCUT2D eigenvalue weighted by atomic mass is 9.85. The van der Waals surface area contributed by atoms with Crippen LogP contribution in [0.2, 0.25) is 0 Å². The molecule has 1 atom stereocenters. The number of aromatic nitrogens is 5. The average Bonchev–Trinajstić information content (AvgIpc) is 3.63. The Morgan fingerprint density at radius 1 is 0.952 bits per heavy atom. The number of rotatable bonds is 8.